The van der Waals surface area contributed by atoms with E-state index < -0.39 is 0 Å². The second kappa shape index (κ2) is 4.81. The van der Waals surface area contributed by atoms with E-state index in [2.05, 4.69) is 42.3 Å². The summed E-state index contributed by atoms with van der Waals surface area (Å²) in [7, 11) is 2.05. The molecule has 0 saturated carbocycles. The monoisotopic (exact) mass is 208 g/mol. The maximum absolute atomic E-state index is 5.53. The topological polar surface area (TPSA) is 26.2 Å². The molecule has 0 amide bonds. The van der Waals surface area contributed by atoms with Crippen molar-refractivity contribution in [2.24, 2.45) is 13.0 Å². The Labute approximate surface area is 91.4 Å². The van der Waals surface area contributed by atoms with E-state index in [9.17, 15) is 0 Å². The van der Waals surface area contributed by atoms with Crippen molar-refractivity contribution in [3.63, 3.8) is 0 Å². The zero-order chi connectivity index (χ0) is 10.7. The molecule has 0 aromatic carbocycles. The highest BCUT2D eigenvalue weighted by Gasteiger charge is 2.23. The molecule has 15 heavy (non-hydrogen) atoms. The summed E-state index contributed by atoms with van der Waals surface area (Å²) in [5.41, 5.74) is 1.35. The van der Waals surface area contributed by atoms with Gasteiger partial charge >= 0.3 is 0 Å². The van der Waals surface area contributed by atoms with Gasteiger partial charge in [0.25, 0.3) is 0 Å². The van der Waals surface area contributed by atoms with Gasteiger partial charge in [0.2, 0.25) is 0 Å². The molecule has 1 aromatic heterocycles. The minimum atomic E-state index is 0.424. The van der Waals surface area contributed by atoms with Gasteiger partial charge in [0.15, 0.2) is 0 Å². The summed E-state index contributed by atoms with van der Waals surface area (Å²) < 4.78 is 7.61. The first-order valence-corrected chi connectivity index (χ1v) is 5.69. The van der Waals surface area contributed by atoms with Crippen LogP contribution in [0.15, 0.2) is 18.5 Å². The van der Waals surface area contributed by atoms with Gasteiger partial charge in [-0.1, -0.05) is 0 Å². The largest absolute Gasteiger partial charge is 0.378 e. The van der Waals surface area contributed by atoms with Crippen molar-refractivity contribution >= 4 is 0 Å². The molecule has 1 N–H and O–H groups in total. The van der Waals surface area contributed by atoms with Gasteiger partial charge < -0.3 is 14.6 Å². The molecule has 2 heterocycles. The summed E-state index contributed by atoms with van der Waals surface area (Å²) in [6.45, 7) is 5.13. The number of aryl methyl sites for hydroxylation is 1. The SMILES string of the molecule is CC1OCCC1CNCc1ccn(C)c1. The smallest absolute Gasteiger partial charge is 0.0588 e. The van der Waals surface area contributed by atoms with E-state index >= 15 is 0 Å². The van der Waals surface area contributed by atoms with E-state index in [0.29, 0.717) is 12.0 Å². The minimum Gasteiger partial charge on any atom is -0.378 e. The maximum Gasteiger partial charge on any atom is 0.0588 e. The van der Waals surface area contributed by atoms with Crippen LogP contribution in [0.2, 0.25) is 0 Å². The Hall–Kier alpha value is -0.800. The van der Waals surface area contributed by atoms with E-state index in [1.165, 1.54) is 12.0 Å². The average Bonchev–Trinajstić information content (AvgIpc) is 2.77. The summed E-state index contributed by atoms with van der Waals surface area (Å²) in [5.74, 6) is 0.689. The number of rotatable bonds is 4. The van der Waals surface area contributed by atoms with Crippen LogP contribution in [0, 0.1) is 5.92 Å². The van der Waals surface area contributed by atoms with Crippen LogP contribution in [0.25, 0.3) is 0 Å². The van der Waals surface area contributed by atoms with Gasteiger partial charge in [0.05, 0.1) is 6.10 Å². The van der Waals surface area contributed by atoms with Gasteiger partial charge in [0.1, 0.15) is 0 Å². The van der Waals surface area contributed by atoms with E-state index in [0.717, 1.165) is 19.7 Å². The van der Waals surface area contributed by atoms with Crippen molar-refractivity contribution in [1.29, 1.82) is 0 Å². The fourth-order valence-electron chi connectivity index (χ4n) is 2.11. The fraction of sp³-hybridized carbons (Fsp3) is 0.667. The molecule has 1 fully saturated rings. The molecule has 1 saturated heterocycles. The zero-order valence-corrected chi connectivity index (χ0v) is 9.57. The number of nitrogens with one attached hydrogen (secondary N) is 1. The number of ether oxygens (including phenoxy) is 1. The van der Waals surface area contributed by atoms with Crippen molar-refractivity contribution < 1.29 is 4.74 Å². The first kappa shape index (κ1) is 10.7. The second-order valence-electron chi connectivity index (χ2n) is 4.44. The summed E-state index contributed by atoms with van der Waals surface area (Å²) in [6.07, 6.45) is 5.86. The third-order valence-corrected chi connectivity index (χ3v) is 3.16. The van der Waals surface area contributed by atoms with Crippen LogP contribution in [0.4, 0.5) is 0 Å². The molecule has 0 aliphatic carbocycles. The van der Waals surface area contributed by atoms with Crippen LogP contribution >= 0.6 is 0 Å². The van der Waals surface area contributed by atoms with Crippen molar-refractivity contribution in [2.75, 3.05) is 13.2 Å². The lowest BCUT2D eigenvalue weighted by molar-refractivity contribution is 0.105. The Balaban J connectivity index is 1.70. The van der Waals surface area contributed by atoms with Crippen molar-refractivity contribution in [1.82, 2.24) is 9.88 Å². The van der Waals surface area contributed by atoms with E-state index in [-0.39, 0.29) is 0 Å². The lowest BCUT2D eigenvalue weighted by atomic mass is 10.0. The standard InChI is InChI=1S/C12H20N2O/c1-10-12(4-6-15-10)8-13-7-11-3-5-14(2)9-11/h3,5,9-10,12-13H,4,6-8H2,1-2H3. The average molecular weight is 208 g/mol. The summed E-state index contributed by atoms with van der Waals surface area (Å²) in [4.78, 5) is 0. The Morgan fingerprint density at radius 1 is 1.60 bits per heavy atom. The van der Waals surface area contributed by atoms with Gasteiger partial charge in [-0.15, -0.1) is 0 Å². The molecule has 0 bridgehead atoms. The molecule has 2 unspecified atom stereocenters. The van der Waals surface area contributed by atoms with Crippen LogP contribution in [0.3, 0.4) is 0 Å². The Bertz CT molecular complexity index is 308. The highest BCUT2D eigenvalue weighted by molar-refractivity contribution is 5.09. The zero-order valence-electron chi connectivity index (χ0n) is 9.57. The Kier molecular flexibility index (Phi) is 3.44. The number of aromatic nitrogens is 1. The lowest BCUT2D eigenvalue weighted by Gasteiger charge is -2.14. The van der Waals surface area contributed by atoms with Crippen molar-refractivity contribution in [3.8, 4) is 0 Å². The highest BCUT2D eigenvalue weighted by atomic mass is 16.5. The minimum absolute atomic E-state index is 0.424. The molecule has 1 aromatic rings. The molecule has 3 heteroatoms. The van der Waals surface area contributed by atoms with Gasteiger partial charge in [-0.05, 0) is 30.9 Å². The van der Waals surface area contributed by atoms with Gasteiger partial charge in [-0.3, -0.25) is 0 Å². The van der Waals surface area contributed by atoms with Crippen molar-refractivity contribution in [3.05, 3.63) is 24.0 Å². The molecule has 0 spiro atoms. The molecule has 84 valence electrons. The molecular formula is C12H20N2O. The normalized spacial score (nSPS) is 26.0. The van der Waals surface area contributed by atoms with Gasteiger partial charge in [-0.25, -0.2) is 0 Å². The molecular weight excluding hydrogens is 188 g/mol. The number of nitrogens with zero attached hydrogens (tertiary/aromatic N) is 1. The van der Waals surface area contributed by atoms with E-state index in [1.807, 2.05) is 0 Å². The molecule has 2 rings (SSSR count). The maximum atomic E-state index is 5.53. The number of hydrogen-bond donors (Lipinski definition) is 1. The third kappa shape index (κ3) is 2.83. The second-order valence-corrected chi connectivity index (χ2v) is 4.44. The van der Waals surface area contributed by atoms with Crippen molar-refractivity contribution in [2.45, 2.75) is 26.0 Å². The third-order valence-electron chi connectivity index (χ3n) is 3.16. The molecule has 2 atom stereocenters. The molecule has 3 nitrogen and oxygen atoms in total. The van der Waals surface area contributed by atoms with Crippen LogP contribution in [0.1, 0.15) is 18.9 Å². The van der Waals surface area contributed by atoms with Gasteiger partial charge in [0, 0.05) is 39.1 Å². The predicted octanol–water partition coefficient (Wildman–Crippen LogP) is 1.54. The summed E-state index contributed by atoms with van der Waals surface area (Å²) in [5, 5.41) is 3.49. The molecule has 1 aliphatic rings. The molecule has 1 aliphatic heterocycles. The number of hydrogen-bond acceptors (Lipinski definition) is 2. The highest BCUT2D eigenvalue weighted by Crippen LogP contribution is 2.19. The van der Waals surface area contributed by atoms with E-state index in [4.69, 9.17) is 4.74 Å². The Morgan fingerprint density at radius 2 is 2.47 bits per heavy atom. The van der Waals surface area contributed by atoms with Crippen LogP contribution in [-0.2, 0) is 18.3 Å². The van der Waals surface area contributed by atoms with Crippen LogP contribution in [-0.4, -0.2) is 23.8 Å². The first-order valence-electron chi connectivity index (χ1n) is 5.69. The first-order chi connectivity index (χ1) is 7.25. The van der Waals surface area contributed by atoms with E-state index in [1.54, 1.807) is 0 Å². The van der Waals surface area contributed by atoms with Crippen LogP contribution in [0.5, 0.6) is 0 Å². The summed E-state index contributed by atoms with van der Waals surface area (Å²) >= 11 is 0. The lowest BCUT2D eigenvalue weighted by Crippen LogP contribution is -2.26. The van der Waals surface area contributed by atoms with Gasteiger partial charge in [-0.2, -0.15) is 0 Å². The quantitative estimate of drug-likeness (QED) is 0.812. The Morgan fingerprint density at radius 3 is 3.07 bits per heavy atom. The van der Waals surface area contributed by atoms with Crippen LogP contribution < -0.4 is 5.32 Å². The predicted molar refractivity (Wildman–Crippen MR) is 60.6 cm³/mol. The molecule has 0 radical (unpaired) electrons. The summed E-state index contributed by atoms with van der Waals surface area (Å²) in [6, 6.07) is 2.15. The fourth-order valence-corrected chi connectivity index (χ4v) is 2.11.